The molecule has 3 N–H and O–H groups in total. The molecule has 0 heterocycles. The van der Waals surface area contributed by atoms with Crippen molar-refractivity contribution < 1.29 is 23.9 Å². The van der Waals surface area contributed by atoms with Crippen LogP contribution in [0.2, 0.25) is 0 Å². The second-order valence-electron chi connectivity index (χ2n) is 7.87. The Kier molecular flexibility index (Phi) is 9.79. The predicted molar refractivity (Wildman–Crippen MR) is 146 cm³/mol. The molecule has 0 radical (unpaired) electrons. The lowest BCUT2D eigenvalue weighted by atomic mass is 10.1. The van der Waals surface area contributed by atoms with Crippen LogP contribution in [0.3, 0.4) is 0 Å². The molecule has 0 bridgehead atoms. The van der Waals surface area contributed by atoms with Crippen LogP contribution in [-0.2, 0) is 20.8 Å². The molecule has 0 aliphatic carbocycles. The normalized spacial score (nSPS) is 10.6. The minimum absolute atomic E-state index is 0.217. The molecule has 3 rings (SSSR count). The SMILES string of the molecule is CCc1ccccc1NC(=O)C(=O)N/N=C\c1ccc(OCC(=O)Nc2ccc(Br)cc2C)c(OC)c1. The number of nitrogens with zero attached hydrogens (tertiary/aromatic N) is 1. The summed E-state index contributed by atoms with van der Waals surface area (Å²) in [6.07, 6.45) is 2.08. The van der Waals surface area contributed by atoms with Crippen LogP contribution in [0.4, 0.5) is 11.4 Å². The van der Waals surface area contributed by atoms with Crippen LogP contribution in [0.5, 0.6) is 11.5 Å². The van der Waals surface area contributed by atoms with Gasteiger partial charge < -0.3 is 20.1 Å². The molecule has 0 saturated carbocycles. The van der Waals surface area contributed by atoms with E-state index in [4.69, 9.17) is 9.47 Å². The molecule has 37 heavy (non-hydrogen) atoms. The van der Waals surface area contributed by atoms with Gasteiger partial charge in [0.25, 0.3) is 5.91 Å². The zero-order valence-electron chi connectivity index (χ0n) is 20.6. The molecule has 10 heteroatoms. The van der Waals surface area contributed by atoms with Gasteiger partial charge in [0.05, 0.1) is 13.3 Å². The van der Waals surface area contributed by atoms with E-state index >= 15 is 0 Å². The number of methoxy groups -OCH3 is 1. The van der Waals surface area contributed by atoms with Gasteiger partial charge in [-0.05, 0) is 72.5 Å². The Morgan fingerprint density at radius 3 is 2.46 bits per heavy atom. The summed E-state index contributed by atoms with van der Waals surface area (Å²) < 4.78 is 11.9. The van der Waals surface area contributed by atoms with Crippen molar-refractivity contribution in [3.63, 3.8) is 0 Å². The summed E-state index contributed by atoms with van der Waals surface area (Å²) in [5.41, 5.74) is 5.89. The highest BCUT2D eigenvalue weighted by Crippen LogP contribution is 2.28. The first-order valence-electron chi connectivity index (χ1n) is 11.4. The van der Waals surface area contributed by atoms with Crippen LogP contribution < -0.4 is 25.5 Å². The number of amides is 3. The van der Waals surface area contributed by atoms with Gasteiger partial charge in [0.15, 0.2) is 18.1 Å². The van der Waals surface area contributed by atoms with E-state index in [1.807, 2.05) is 38.1 Å². The fourth-order valence-electron chi connectivity index (χ4n) is 3.33. The van der Waals surface area contributed by atoms with Gasteiger partial charge in [0.1, 0.15) is 0 Å². The van der Waals surface area contributed by atoms with Crippen LogP contribution >= 0.6 is 15.9 Å². The van der Waals surface area contributed by atoms with Crippen molar-refractivity contribution in [2.75, 3.05) is 24.4 Å². The number of benzene rings is 3. The number of hydrazone groups is 1. The summed E-state index contributed by atoms with van der Waals surface area (Å²) >= 11 is 3.39. The summed E-state index contributed by atoms with van der Waals surface area (Å²) in [4.78, 5) is 36.6. The number of hydrogen-bond acceptors (Lipinski definition) is 6. The molecule has 0 spiro atoms. The Bertz CT molecular complexity index is 1330. The number of rotatable bonds is 9. The average molecular weight is 567 g/mol. The number of halogens is 1. The van der Waals surface area contributed by atoms with E-state index in [0.717, 1.165) is 15.6 Å². The zero-order chi connectivity index (χ0) is 26.8. The smallest absolute Gasteiger partial charge is 0.329 e. The highest BCUT2D eigenvalue weighted by Gasteiger charge is 2.14. The molecule has 3 aromatic carbocycles. The van der Waals surface area contributed by atoms with Crippen molar-refractivity contribution in [3.8, 4) is 11.5 Å². The first-order chi connectivity index (χ1) is 17.8. The molecular formula is C27H27BrN4O5. The number of aryl methyl sites for hydroxylation is 2. The van der Waals surface area contributed by atoms with Crippen LogP contribution in [0.15, 0.2) is 70.2 Å². The van der Waals surface area contributed by atoms with Gasteiger partial charge in [0.2, 0.25) is 0 Å². The molecule has 0 aliphatic heterocycles. The van der Waals surface area contributed by atoms with Crippen molar-refractivity contribution in [2.24, 2.45) is 5.10 Å². The molecule has 192 valence electrons. The molecule has 3 aromatic rings. The minimum atomic E-state index is -0.902. The second kappa shape index (κ2) is 13.2. The Balaban J connectivity index is 1.54. The van der Waals surface area contributed by atoms with E-state index in [0.29, 0.717) is 34.9 Å². The average Bonchev–Trinajstić information content (AvgIpc) is 2.89. The lowest BCUT2D eigenvalue weighted by Crippen LogP contribution is -2.32. The maximum absolute atomic E-state index is 12.3. The van der Waals surface area contributed by atoms with Gasteiger partial charge in [-0.25, -0.2) is 5.43 Å². The van der Waals surface area contributed by atoms with E-state index < -0.39 is 11.8 Å². The standard InChI is InChI=1S/C27H27BrN4O5/c1-4-19-7-5-6-8-22(19)31-26(34)27(35)32-29-15-18-9-12-23(24(14-18)36-3)37-16-25(33)30-21-11-10-20(28)13-17(21)2/h5-15H,4,16H2,1-3H3,(H,30,33)(H,31,34)(H,32,35)/b29-15-. The lowest BCUT2D eigenvalue weighted by molar-refractivity contribution is -0.136. The lowest BCUT2D eigenvalue weighted by Gasteiger charge is -2.12. The predicted octanol–water partition coefficient (Wildman–Crippen LogP) is 4.43. The van der Waals surface area contributed by atoms with Crippen molar-refractivity contribution in [3.05, 3.63) is 81.8 Å². The van der Waals surface area contributed by atoms with Gasteiger partial charge in [-0.2, -0.15) is 5.10 Å². The summed E-state index contributed by atoms with van der Waals surface area (Å²) in [7, 11) is 1.47. The first kappa shape index (κ1) is 27.4. The number of carbonyl (C=O) groups is 3. The molecule has 0 atom stereocenters. The van der Waals surface area contributed by atoms with Crippen LogP contribution in [0.1, 0.15) is 23.6 Å². The van der Waals surface area contributed by atoms with E-state index in [1.165, 1.54) is 13.3 Å². The number of ether oxygens (including phenoxy) is 2. The molecular weight excluding hydrogens is 540 g/mol. The monoisotopic (exact) mass is 566 g/mol. The van der Waals surface area contributed by atoms with Crippen molar-refractivity contribution in [1.29, 1.82) is 0 Å². The highest BCUT2D eigenvalue weighted by molar-refractivity contribution is 9.10. The Morgan fingerprint density at radius 2 is 1.73 bits per heavy atom. The summed E-state index contributed by atoms with van der Waals surface area (Å²) in [5.74, 6) is -1.31. The largest absolute Gasteiger partial charge is 0.493 e. The highest BCUT2D eigenvalue weighted by atomic mass is 79.9. The van der Waals surface area contributed by atoms with E-state index in [2.05, 4.69) is 37.1 Å². The number of para-hydroxylation sites is 1. The van der Waals surface area contributed by atoms with E-state index in [1.54, 1.807) is 36.4 Å². The minimum Gasteiger partial charge on any atom is -0.493 e. The summed E-state index contributed by atoms with van der Waals surface area (Å²) in [6.45, 7) is 3.63. The van der Waals surface area contributed by atoms with Crippen LogP contribution in [0, 0.1) is 6.92 Å². The van der Waals surface area contributed by atoms with Crippen LogP contribution in [-0.4, -0.2) is 37.7 Å². The fraction of sp³-hybridized carbons (Fsp3) is 0.185. The molecule has 0 fully saturated rings. The molecule has 0 unspecified atom stereocenters. The molecule has 0 aromatic heterocycles. The van der Waals surface area contributed by atoms with Crippen molar-refractivity contribution in [2.45, 2.75) is 20.3 Å². The maximum atomic E-state index is 12.3. The number of nitrogens with one attached hydrogen (secondary N) is 3. The van der Waals surface area contributed by atoms with Gasteiger partial charge in [0, 0.05) is 15.8 Å². The van der Waals surface area contributed by atoms with Crippen molar-refractivity contribution >= 4 is 51.2 Å². The fourth-order valence-corrected chi connectivity index (χ4v) is 3.80. The Labute approximate surface area is 223 Å². The Hall–Kier alpha value is -4.18. The number of anilines is 2. The first-order valence-corrected chi connectivity index (χ1v) is 12.2. The summed E-state index contributed by atoms with van der Waals surface area (Å²) in [5, 5.41) is 9.23. The topological polar surface area (TPSA) is 118 Å². The van der Waals surface area contributed by atoms with Gasteiger partial charge in [-0.1, -0.05) is 41.1 Å². The molecule has 3 amide bonds. The Morgan fingerprint density at radius 1 is 0.946 bits per heavy atom. The zero-order valence-corrected chi connectivity index (χ0v) is 22.2. The van der Waals surface area contributed by atoms with Gasteiger partial charge in [-0.3, -0.25) is 14.4 Å². The molecule has 9 nitrogen and oxygen atoms in total. The van der Waals surface area contributed by atoms with E-state index in [-0.39, 0.29) is 12.5 Å². The van der Waals surface area contributed by atoms with Crippen molar-refractivity contribution in [1.82, 2.24) is 5.43 Å². The molecule has 0 saturated heterocycles. The summed E-state index contributed by atoms with van der Waals surface area (Å²) in [6, 6.07) is 17.7. The third-order valence-electron chi connectivity index (χ3n) is 5.24. The third kappa shape index (κ3) is 7.91. The maximum Gasteiger partial charge on any atom is 0.329 e. The molecule has 0 aliphatic rings. The van der Waals surface area contributed by atoms with Gasteiger partial charge >= 0.3 is 11.8 Å². The van der Waals surface area contributed by atoms with E-state index in [9.17, 15) is 14.4 Å². The second-order valence-corrected chi connectivity index (χ2v) is 8.79. The van der Waals surface area contributed by atoms with Gasteiger partial charge in [-0.15, -0.1) is 0 Å². The third-order valence-corrected chi connectivity index (χ3v) is 5.73. The number of hydrogen-bond donors (Lipinski definition) is 3. The van der Waals surface area contributed by atoms with Crippen LogP contribution in [0.25, 0.3) is 0 Å². The quantitative estimate of drug-likeness (QED) is 0.201. The number of carbonyl (C=O) groups excluding carboxylic acids is 3.